The molecule has 3 heterocycles. The fourth-order valence-electron chi connectivity index (χ4n) is 6.25. The molecule has 0 saturated carbocycles. The lowest BCUT2D eigenvalue weighted by molar-refractivity contribution is -0.147. The van der Waals surface area contributed by atoms with Crippen LogP contribution in [0.15, 0.2) is 24.3 Å². The first-order valence-corrected chi connectivity index (χ1v) is 13.6. The van der Waals surface area contributed by atoms with E-state index in [9.17, 15) is 14.7 Å². The number of carboxylic acids is 1. The number of amidine groups is 1. The molecule has 1 aromatic heterocycles. The third-order valence-electron chi connectivity index (χ3n) is 8.11. The minimum atomic E-state index is -0.804. The molecule has 0 bridgehead atoms. The number of carboxylic acid groups (broad SMARTS) is 1. The first-order chi connectivity index (χ1) is 17.3. The lowest BCUT2D eigenvalue weighted by Crippen LogP contribution is -2.52. The Labute approximate surface area is 213 Å². The number of fused-ring (bicyclic) bond motifs is 1. The zero-order chi connectivity index (χ0) is 25.8. The lowest BCUT2D eigenvalue weighted by atomic mass is 10.0. The number of carbonyl (C=O) groups excluding carboxylic acids is 1. The van der Waals surface area contributed by atoms with Crippen molar-refractivity contribution in [3.05, 3.63) is 35.5 Å². The largest absolute Gasteiger partial charge is 0.480 e. The van der Waals surface area contributed by atoms with E-state index in [0.717, 1.165) is 80.9 Å². The van der Waals surface area contributed by atoms with E-state index in [1.807, 2.05) is 23.1 Å². The number of aliphatic carboxylic acids is 1. The maximum atomic E-state index is 13.7. The van der Waals surface area contributed by atoms with Crippen molar-refractivity contribution in [3.8, 4) is 0 Å². The van der Waals surface area contributed by atoms with E-state index in [1.54, 1.807) is 0 Å². The van der Waals surface area contributed by atoms with Crippen molar-refractivity contribution in [2.45, 2.75) is 96.3 Å². The Hall–Kier alpha value is -2.87. The minimum absolute atomic E-state index is 0.0724. The number of aryl methyl sites for hydroxylation is 2. The molecule has 8 heteroatoms. The molecule has 1 unspecified atom stereocenters. The van der Waals surface area contributed by atoms with Crippen LogP contribution in [0.1, 0.15) is 76.5 Å². The molecule has 1 aromatic carbocycles. The van der Waals surface area contributed by atoms with Gasteiger partial charge in [-0.25, -0.2) is 0 Å². The molecule has 4 N–H and O–H groups in total. The molecule has 36 heavy (non-hydrogen) atoms. The number of amides is 1. The Morgan fingerprint density at radius 3 is 2.64 bits per heavy atom. The Morgan fingerprint density at radius 1 is 1.17 bits per heavy atom. The van der Waals surface area contributed by atoms with Crippen LogP contribution in [0.4, 0.5) is 0 Å². The van der Waals surface area contributed by atoms with Crippen molar-refractivity contribution in [2.24, 2.45) is 5.73 Å². The zero-order valence-corrected chi connectivity index (χ0v) is 21.7. The van der Waals surface area contributed by atoms with E-state index in [-0.39, 0.29) is 23.8 Å². The van der Waals surface area contributed by atoms with Crippen molar-refractivity contribution < 1.29 is 14.7 Å². The predicted octanol–water partition coefficient (Wildman–Crippen LogP) is 3.98. The van der Waals surface area contributed by atoms with Crippen LogP contribution in [0.5, 0.6) is 0 Å². The maximum Gasteiger partial charge on any atom is 0.320 e. The topological polar surface area (TPSA) is 116 Å². The molecule has 0 radical (unpaired) electrons. The number of nitrogens with one attached hydrogen (secondary N) is 1. The summed E-state index contributed by atoms with van der Waals surface area (Å²) in [5.74, 6) is -0.607. The molecule has 0 spiro atoms. The number of nitrogen functional groups attached to an aromatic ring is 1. The van der Waals surface area contributed by atoms with Crippen LogP contribution in [0.3, 0.4) is 0 Å². The van der Waals surface area contributed by atoms with Gasteiger partial charge in [0.05, 0.1) is 6.04 Å². The molecule has 8 nitrogen and oxygen atoms in total. The second kappa shape index (κ2) is 11.5. The van der Waals surface area contributed by atoms with Gasteiger partial charge in [0.25, 0.3) is 0 Å². The van der Waals surface area contributed by atoms with Crippen LogP contribution in [-0.2, 0) is 22.6 Å². The molecule has 2 aliphatic rings. The van der Waals surface area contributed by atoms with Gasteiger partial charge in [0.1, 0.15) is 11.9 Å². The number of likely N-dealkylation sites (tertiary alicyclic amines) is 2. The third kappa shape index (κ3) is 5.28. The van der Waals surface area contributed by atoms with Crippen LogP contribution in [0.2, 0.25) is 0 Å². The number of aromatic nitrogens is 1. The van der Waals surface area contributed by atoms with Gasteiger partial charge in [0.15, 0.2) is 0 Å². The van der Waals surface area contributed by atoms with E-state index < -0.39 is 12.0 Å². The normalized spacial score (nSPS) is 21.3. The van der Waals surface area contributed by atoms with Gasteiger partial charge in [-0.15, -0.1) is 0 Å². The van der Waals surface area contributed by atoms with E-state index >= 15 is 0 Å². The monoisotopic (exact) mass is 495 g/mol. The van der Waals surface area contributed by atoms with Gasteiger partial charge < -0.3 is 20.3 Å². The number of nitrogens with two attached hydrogens (primary N) is 1. The van der Waals surface area contributed by atoms with Gasteiger partial charge in [0, 0.05) is 35.9 Å². The molecule has 2 fully saturated rings. The second-order valence-corrected chi connectivity index (χ2v) is 10.3. The molecule has 2 aliphatic heterocycles. The summed E-state index contributed by atoms with van der Waals surface area (Å²) >= 11 is 0. The molecule has 4 rings (SSSR count). The summed E-state index contributed by atoms with van der Waals surface area (Å²) in [5.41, 5.74) is 8.77. The third-order valence-corrected chi connectivity index (χ3v) is 8.11. The van der Waals surface area contributed by atoms with Crippen molar-refractivity contribution in [3.63, 3.8) is 0 Å². The molecule has 3 atom stereocenters. The predicted molar refractivity (Wildman–Crippen MR) is 142 cm³/mol. The number of hydrogen-bond donors (Lipinski definition) is 3. The summed E-state index contributed by atoms with van der Waals surface area (Å²) in [6.07, 6.45) is 7.81. The summed E-state index contributed by atoms with van der Waals surface area (Å²) < 4.78 is 2.28. The highest BCUT2D eigenvalue weighted by Gasteiger charge is 2.42. The van der Waals surface area contributed by atoms with Crippen LogP contribution in [-0.4, -0.2) is 68.4 Å². The van der Waals surface area contributed by atoms with Crippen molar-refractivity contribution >= 4 is 28.6 Å². The molecule has 2 aromatic rings. The van der Waals surface area contributed by atoms with Gasteiger partial charge in [-0.2, -0.15) is 0 Å². The molecular formula is C28H41N5O3. The Bertz CT molecular complexity index is 1110. The van der Waals surface area contributed by atoms with Crippen molar-refractivity contribution in [1.29, 1.82) is 5.41 Å². The van der Waals surface area contributed by atoms with Crippen LogP contribution < -0.4 is 5.73 Å². The van der Waals surface area contributed by atoms with Crippen molar-refractivity contribution in [2.75, 3.05) is 13.1 Å². The summed E-state index contributed by atoms with van der Waals surface area (Å²) in [6.45, 7) is 6.48. The highest BCUT2D eigenvalue weighted by atomic mass is 16.4. The van der Waals surface area contributed by atoms with Crippen LogP contribution in [0, 0.1) is 5.41 Å². The number of carbonyl (C=O) groups is 2. The highest BCUT2D eigenvalue weighted by molar-refractivity contribution is 5.98. The highest BCUT2D eigenvalue weighted by Crippen LogP contribution is 2.30. The lowest BCUT2D eigenvalue weighted by Gasteiger charge is -2.34. The van der Waals surface area contributed by atoms with Gasteiger partial charge >= 0.3 is 5.97 Å². The molecule has 2 saturated heterocycles. The summed E-state index contributed by atoms with van der Waals surface area (Å²) in [6, 6.07) is 7.44. The fraction of sp³-hybridized carbons (Fsp3) is 0.607. The van der Waals surface area contributed by atoms with Crippen LogP contribution >= 0.6 is 0 Å². The number of hydrogen-bond acceptors (Lipinski definition) is 4. The summed E-state index contributed by atoms with van der Waals surface area (Å²) in [5, 5.41) is 18.8. The average Bonchev–Trinajstić information content (AvgIpc) is 3.59. The first-order valence-electron chi connectivity index (χ1n) is 13.6. The SMILES string of the molecule is CCCCC(C(=O)O)N1CCC[C@@H]1C(=O)N1CCC[C@H]1CCc1cc2ccc(C(=N)N)cc2n1CC. The second-order valence-electron chi connectivity index (χ2n) is 10.3. The van der Waals surface area contributed by atoms with Crippen LogP contribution in [0.25, 0.3) is 10.9 Å². The minimum Gasteiger partial charge on any atom is -0.480 e. The Balaban J connectivity index is 1.47. The number of nitrogens with zero attached hydrogens (tertiary/aromatic N) is 3. The zero-order valence-electron chi connectivity index (χ0n) is 21.7. The molecule has 0 aliphatic carbocycles. The molecule has 1 amide bonds. The standard InChI is InChI=1S/C28H41N5O3/c1-3-5-9-24(28(35)36)33-16-7-10-23(33)27(34)32-15-6-8-21(32)13-14-22-17-19-11-12-20(26(29)30)18-25(19)31(22)4-2/h11-12,17-18,21,23-24H,3-10,13-16H2,1-2H3,(H3,29,30)(H,35,36)/t21-,23+,24?/m0/s1. The van der Waals surface area contributed by atoms with E-state index in [0.29, 0.717) is 13.0 Å². The van der Waals surface area contributed by atoms with Gasteiger partial charge in [-0.1, -0.05) is 31.9 Å². The van der Waals surface area contributed by atoms with E-state index in [1.165, 1.54) is 5.69 Å². The fourth-order valence-corrected chi connectivity index (χ4v) is 6.25. The smallest absolute Gasteiger partial charge is 0.320 e. The average molecular weight is 496 g/mol. The van der Waals surface area contributed by atoms with Gasteiger partial charge in [0.2, 0.25) is 5.91 Å². The Kier molecular flexibility index (Phi) is 8.34. The number of unbranched alkanes of at least 4 members (excludes halogenated alkanes) is 1. The van der Waals surface area contributed by atoms with E-state index in [4.69, 9.17) is 11.1 Å². The van der Waals surface area contributed by atoms with Gasteiger partial charge in [-0.05, 0) is 75.9 Å². The number of rotatable bonds is 11. The first kappa shape index (κ1) is 26.2. The Morgan fingerprint density at radius 2 is 1.94 bits per heavy atom. The molecular weight excluding hydrogens is 454 g/mol. The van der Waals surface area contributed by atoms with Gasteiger partial charge in [-0.3, -0.25) is 19.9 Å². The number of benzene rings is 1. The molecule has 196 valence electrons. The van der Waals surface area contributed by atoms with E-state index in [2.05, 4.69) is 29.4 Å². The summed E-state index contributed by atoms with van der Waals surface area (Å²) in [4.78, 5) is 29.7. The van der Waals surface area contributed by atoms with Crippen molar-refractivity contribution in [1.82, 2.24) is 14.4 Å². The summed E-state index contributed by atoms with van der Waals surface area (Å²) in [7, 11) is 0. The quantitative estimate of drug-likeness (QED) is 0.322. The maximum absolute atomic E-state index is 13.7.